The maximum atomic E-state index is 13.1. The molecule has 2 aromatic carbocycles. The van der Waals surface area contributed by atoms with Gasteiger partial charge in [0.05, 0.1) is 5.39 Å². The van der Waals surface area contributed by atoms with Crippen LogP contribution < -0.4 is 5.56 Å². The fourth-order valence-corrected chi connectivity index (χ4v) is 5.32. The molecule has 2 heterocycles. The number of aromatic nitrogens is 2. The zero-order valence-corrected chi connectivity index (χ0v) is 18.1. The summed E-state index contributed by atoms with van der Waals surface area (Å²) in [4.78, 5) is 19.8. The van der Waals surface area contributed by atoms with Crippen molar-refractivity contribution in [1.82, 2.24) is 9.55 Å². The number of nitrogens with zero attached hydrogens (tertiary/aromatic N) is 2. The molecule has 4 rings (SSSR count). The number of fused-ring (bicyclic) bond motifs is 1. The highest BCUT2D eigenvalue weighted by molar-refractivity contribution is 7.98. The molecule has 0 atom stereocenters. The summed E-state index contributed by atoms with van der Waals surface area (Å²) in [5.74, 6) is 0.757. The molecular weight excluding hydrogens is 396 g/mol. The number of allylic oxidation sites excluding steroid dienone is 1. The Hall–Kier alpha value is -2.63. The Balaban J connectivity index is 1.61. The molecule has 0 spiro atoms. The first-order valence-corrected chi connectivity index (χ1v) is 11.3. The Morgan fingerprint density at radius 1 is 1.07 bits per heavy atom. The summed E-state index contributed by atoms with van der Waals surface area (Å²) in [5, 5.41) is 1.49. The quantitative estimate of drug-likeness (QED) is 0.212. The summed E-state index contributed by atoms with van der Waals surface area (Å²) in [5.41, 5.74) is 4.67. The predicted molar refractivity (Wildman–Crippen MR) is 125 cm³/mol. The number of aryl methyl sites for hydroxylation is 2. The van der Waals surface area contributed by atoms with E-state index in [0.29, 0.717) is 6.54 Å². The van der Waals surface area contributed by atoms with Crippen LogP contribution in [-0.2, 0) is 12.3 Å². The van der Waals surface area contributed by atoms with Crippen LogP contribution in [0.15, 0.2) is 77.2 Å². The third-order valence-corrected chi connectivity index (χ3v) is 7.14. The summed E-state index contributed by atoms with van der Waals surface area (Å²) in [6.45, 7) is 8.31. The van der Waals surface area contributed by atoms with Crippen LogP contribution in [0.25, 0.3) is 21.3 Å². The van der Waals surface area contributed by atoms with Crippen molar-refractivity contribution in [3.8, 4) is 11.1 Å². The van der Waals surface area contributed by atoms with Crippen molar-refractivity contribution in [3.63, 3.8) is 0 Å². The zero-order valence-electron chi connectivity index (χ0n) is 16.5. The van der Waals surface area contributed by atoms with Gasteiger partial charge >= 0.3 is 0 Å². The summed E-state index contributed by atoms with van der Waals surface area (Å²) >= 11 is 3.19. The van der Waals surface area contributed by atoms with Gasteiger partial charge < -0.3 is 0 Å². The minimum Gasteiger partial charge on any atom is -0.283 e. The van der Waals surface area contributed by atoms with Crippen LogP contribution in [-0.4, -0.2) is 9.55 Å². The molecule has 0 saturated heterocycles. The molecule has 3 nitrogen and oxygen atoms in total. The first kappa shape index (κ1) is 19.7. The number of thiophene rings is 1. The molecular formula is C24H22N2OS2. The molecule has 0 aliphatic rings. The molecule has 0 N–H and O–H groups in total. The maximum absolute atomic E-state index is 13.1. The van der Waals surface area contributed by atoms with Crippen LogP contribution in [0.4, 0.5) is 0 Å². The van der Waals surface area contributed by atoms with Gasteiger partial charge in [-0.15, -0.1) is 17.9 Å². The number of hydrogen-bond acceptors (Lipinski definition) is 4. The average molecular weight is 419 g/mol. The zero-order chi connectivity index (χ0) is 20.4. The van der Waals surface area contributed by atoms with Crippen molar-refractivity contribution in [3.05, 3.63) is 93.6 Å². The molecule has 0 amide bonds. The second kappa shape index (κ2) is 8.39. The Morgan fingerprint density at radius 2 is 1.76 bits per heavy atom. The second-order valence-corrected chi connectivity index (χ2v) is 9.06. The molecule has 146 valence electrons. The van der Waals surface area contributed by atoms with Gasteiger partial charge in [-0.1, -0.05) is 72.4 Å². The Kier molecular flexibility index (Phi) is 5.69. The molecule has 5 heteroatoms. The van der Waals surface area contributed by atoms with E-state index in [4.69, 9.17) is 4.98 Å². The van der Waals surface area contributed by atoms with E-state index in [1.165, 1.54) is 16.7 Å². The van der Waals surface area contributed by atoms with Crippen LogP contribution in [0, 0.1) is 13.8 Å². The Morgan fingerprint density at radius 3 is 2.45 bits per heavy atom. The topological polar surface area (TPSA) is 34.9 Å². The van der Waals surface area contributed by atoms with Gasteiger partial charge in [0.15, 0.2) is 5.16 Å². The van der Waals surface area contributed by atoms with Gasteiger partial charge in [0.25, 0.3) is 5.56 Å². The lowest BCUT2D eigenvalue weighted by Gasteiger charge is -2.10. The Labute approximate surface area is 178 Å². The minimum absolute atomic E-state index is 0.0266. The van der Waals surface area contributed by atoms with Gasteiger partial charge in [-0.3, -0.25) is 9.36 Å². The molecule has 0 radical (unpaired) electrons. The SMILES string of the molecule is C=CCn1c(SCc2ccc(-c3ccccc3)cc2)nc2sc(C)c(C)c2c1=O. The van der Waals surface area contributed by atoms with Crippen molar-refractivity contribution in [2.75, 3.05) is 0 Å². The minimum atomic E-state index is 0.0266. The van der Waals surface area contributed by atoms with Crippen molar-refractivity contribution in [1.29, 1.82) is 0 Å². The number of hydrogen-bond donors (Lipinski definition) is 0. The van der Waals surface area contributed by atoms with Crippen molar-refractivity contribution < 1.29 is 0 Å². The first-order chi connectivity index (χ1) is 14.1. The monoisotopic (exact) mass is 418 g/mol. The molecule has 0 fully saturated rings. The van der Waals surface area contributed by atoms with Gasteiger partial charge in [0.1, 0.15) is 4.83 Å². The van der Waals surface area contributed by atoms with Crippen LogP contribution in [0.3, 0.4) is 0 Å². The van der Waals surface area contributed by atoms with E-state index in [1.807, 2.05) is 32.0 Å². The predicted octanol–water partition coefficient (Wildman–Crippen LogP) is 6.22. The van der Waals surface area contributed by atoms with Gasteiger partial charge in [-0.25, -0.2) is 4.98 Å². The molecule has 0 aliphatic heterocycles. The molecule has 0 aliphatic carbocycles. The molecule has 4 aromatic rings. The van der Waals surface area contributed by atoms with E-state index < -0.39 is 0 Å². The molecule has 0 unspecified atom stereocenters. The smallest absolute Gasteiger partial charge is 0.263 e. The van der Waals surface area contributed by atoms with Gasteiger partial charge in [-0.05, 0) is 36.1 Å². The lowest BCUT2D eigenvalue weighted by molar-refractivity contribution is 0.672. The van der Waals surface area contributed by atoms with Crippen LogP contribution in [0.5, 0.6) is 0 Å². The third-order valence-electron chi connectivity index (χ3n) is 4.99. The molecule has 0 bridgehead atoms. The van der Waals surface area contributed by atoms with Crippen LogP contribution >= 0.6 is 23.1 Å². The van der Waals surface area contributed by atoms with Gasteiger partial charge in [0.2, 0.25) is 0 Å². The maximum Gasteiger partial charge on any atom is 0.263 e. The highest BCUT2D eigenvalue weighted by Gasteiger charge is 2.16. The third kappa shape index (κ3) is 3.93. The van der Waals surface area contributed by atoms with E-state index in [2.05, 4.69) is 43.0 Å². The van der Waals surface area contributed by atoms with Crippen molar-refractivity contribution in [2.45, 2.75) is 31.3 Å². The molecule has 2 aromatic heterocycles. The van der Waals surface area contributed by atoms with Gasteiger partial charge in [0, 0.05) is 17.2 Å². The van der Waals surface area contributed by atoms with Crippen LogP contribution in [0.1, 0.15) is 16.0 Å². The normalized spacial score (nSPS) is 11.1. The first-order valence-electron chi connectivity index (χ1n) is 9.47. The molecule has 0 saturated carbocycles. The van der Waals surface area contributed by atoms with Crippen LogP contribution in [0.2, 0.25) is 0 Å². The summed E-state index contributed by atoms with van der Waals surface area (Å²) in [6, 6.07) is 18.9. The fourth-order valence-electron chi connectivity index (χ4n) is 3.28. The average Bonchev–Trinajstić information content (AvgIpc) is 3.03. The summed E-state index contributed by atoms with van der Waals surface area (Å²) < 4.78 is 1.73. The highest BCUT2D eigenvalue weighted by atomic mass is 32.2. The van der Waals surface area contributed by atoms with E-state index in [1.54, 1.807) is 33.7 Å². The number of rotatable bonds is 6. The summed E-state index contributed by atoms with van der Waals surface area (Å²) in [6.07, 6.45) is 1.75. The molecule has 29 heavy (non-hydrogen) atoms. The second-order valence-electron chi connectivity index (χ2n) is 6.91. The number of benzene rings is 2. The lowest BCUT2D eigenvalue weighted by Crippen LogP contribution is -2.22. The summed E-state index contributed by atoms with van der Waals surface area (Å²) in [7, 11) is 0. The van der Waals surface area contributed by atoms with E-state index in [-0.39, 0.29) is 5.56 Å². The van der Waals surface area contributed by atoms with Crippen molar-refractivity contribution in [2.24, 2.45) is 0 Å². The van der Waals surface area contributed by atoms with E-state index in [9.17, 15) is 4.79 Å². The standard InChI is InChI=1S/C24H22N2OS2/c1-4-14-26-23(27)21-16(2)17(3)29-22(21)25-24(26)28-15-18-10-12-20(13-11-18)19-8-6-5-7-9-19/h4-13H,1,14-15H2,2-3H3. The largest absolute Gasteiger partial charge is 0.283 e. The van der Waals surface area contributed by atoms with E-state index >= 15 is 0 Å². The number of thioether (sulfide) groups is 1. The lowest BCUT2D eigenvalue weighted by atomic mass is 10.0. The van der Waals surface area contributed by atoms with Crippen molar-refractivity contribution >= 4 is 33.3 Å². The van der Waals surface area contributed by atoms with Gasteiger partial charge in [-0.2, -0.15) is 0 Å². The Bertz CT molecular complexity index is 1220. The fraction of sp³-hybridized carbons (Fsp3) is 0.167. The highest BCUT2D eigenvalue weighted by Crippen LogP contribution is 2.30. The van der Waals surface area contributed by atoms with E-state index in [0.717, 1.165) is 31.6 Å².